The summed E-state index contributed by atoms with van der Waals surface area (Å²) in [6.45, 7) is 1.95. The van der Waals surface area contributed by atoms with E-state index in [1.807, 2.05) is 20.2 Å². The lowest BCUT2D eigenvalue weighted by Gasteiger charge is -2.29. The number of amides is 4. The van der Waals surface area contributed by atoms with E-state index in [1.165, 1.54) is 4.90 Å². The molecule has 3 N–H and O–H groups in total. The molecule has 26 heavy (non-hydrogen) atoms. The van der Waals surface area contributed by atoms with E-state index in [0.29, 0.717) is 37.3 Å². The van der Waals surface area contributed by atoms with Crippen molar-refractivity contribution < 1.29 is 14.4 Å². The largest absolute Gasteiger partial charge is 0.356 e. The Kier molecular flexibility index (Phi) is 7.40. The van der Waals surface area contributed by atoms with E-state index in [4.69, 9.17) is 0 Å². The maximum absolute atomic E-state index is 12.4. The van der Waals surface area contributed by atoms with Crippen molar-refractivity contribution in [3.05, 3.63) is 24.3 Å². The van der Waals surface area contributed by atoms with E-state index < -0.39 is 0 Å². The van der Waals surface area contributed by atoms with Gasteiger partial charge in [0.2, 0.25) is 11.8 Å². The van der Waals surface area contributed by atoms with Gasteiger partial charge in [-0.05, 0) is 45.6 Å². The van der Waals surface area contributed by atoms with Crippen LogP contribution in [0, 0.1) is 0 Å². The van der Waals surface area contributed by atoms with Crippen molar-refractivity contribution in [2.45, 2.75) is 19.3 Å². The van der Waals surface area contributed by atoms with E-state index in [9.17, 15) is 14.4 Å². The number of fused-ring (bicyclic) bond motifs is 1. The first kappa shape index (κ1) is 19.7. The standard InChI is InChI=1S/C18H27N5O3/c1-22(2)12-6-11-19-16(24)9-5-10-20-18(26)23-13-17(25)21-14-7-3-4-8-15(14)23/h3-4,7-8H,5-6,9-13H2,1-2H3,(H,19,24)(H,20,26)(H,21,25). The van der Waals surface area contributed by atoms with Crippen LogP contribution < -0.4 is 20.9 Å². The molecule has 8 heteroatoms. The molecule has 0 aliphatic carbocycles. The zero-order valence-electron chi connectivity index (χ0n) is 15.4. The molecule has 1 aliphatic rings. The van der Waals surface area contributed by atoms with Gasteiger partial charge < -0.3 is 20.9 Å². The Bertz CT molecular complexity index is 647. The molecule has 1 aliphatic heterocycles. The summed E-state index contributed by atoms with van der Waals surface area (Å²) in [4.78, 5) is 39.3. The summed E-state index contributed by atoms with van der Waals surface area (Å²) in [6.07, 6.45) is 1.82. The second-order valence-electron chi connectivity index (χ2n) is 6.49. The summed E-state index contributed by atoms with van der Waals surface area (Å²) >= 11 is 0. The van der Waals surface area contributed by atoms with Crippen molar-refractivity contribution in [1.82, 2.24) is 15.5 Å². The number of hydrogen-bond acceptors (Lipinski definition) is 4. The highest BCUT2D eigenvalue weighted by atomic mass is 16.2. The van der Waals surface area contributed by atoms with Crippen LogP contribution in [0.15, 0.2) is 24.3 Å². The molecule has 0 fully saturated rings. The van der Waals surface area contributed by atoms with Crippen molar-refractivity contribution in [1.29, 1.82) is 0 Å². The molecule has 0 bridgehead atoms. The number of carbonyl (C=O) groups is 3. The van der Waals surface area contributed by atoms with Crippen LogP contribution in [0.5, 0.6) is 0 Å². The van der Waals surface area contributed by atoms with Crippen LogP contribution in [-0.2, 0) is 9.59 Å². The van der Waals surface area contributed by atoms with Gasteiger partial charge in [0.15, 0.2) is 0 Å². The van der Waals surface area contributed by atoms with Gasteiger partial charge in [-0.3, -0.25) is 14.5 Å². The lowest BCUT2D eigenvalue weighted by atomic mass is 10.2. The second-order valence-corrected chi connectivity index (χ2v) is 6.49. The molecular weight excluding hydrogens is 334 g/mol. The summed E-state index contributed by atoms with van der Waals surface area (Å²) in [5.74, 6) is -0.239. The monoisotopic (exact) mass is 361 g/mol. The topological polar surface area (TPSA) is 93.8 Å². The first-order chi connectivity index (χ1) is 12.5. The maximum atomic E-state index is 12.4. The van der Waals surface area contributed by atoms with E-state index in [-0.39, 0.29) is 24.4 Å². The smallest absolute Gasteiger partial charge is 0.322 e. The number of carbonyl (C=O) groups excluding carboxylic acids is 3. The summed E-state index contributed by atoms with van der Waals surface area (Å²) < 4.78 is 0. The van der Waals surface area contributed by atoms with Gasteiger partial charge in [-0.1, -0.05) is 12.1 Å². The Hall–Kier alpha value is -2.61. The van der Waals surface area contributed by atoms with Crippen LogP contribution >= 0.6 is 0 Å². The number of benzene rings is 1. The first-order valence-electron chi connectivity index (χ1n) is 8.83. The summed E-state index contributed by atoms with van der Waals surface area (Å²) in [7, 11) is 3.99. The van der Waals surface area contributed by atoms with E-state index in [1.54, 1.807) is 18.2 Å². The Balaban J connectivity index is 1.69. The Morgan fingerprint density at radius 3 is 2.65 bits per heavy atom. The SMILES string of the molecule is CN(C)CCCNC(=O)CCCNC(=O)N1CC(=O)Nc2ccccc21. The Morgan fingerprint density at radius 1 is 1.15 bits per heavy atom. The molecule has 8 nitrogen and oxygen atoms in total. The van der Waals surface area contributed by atoms with Crippen LogP contribution in [0.25, 0.3) is 0 Å². The third kappa shape index (κ3) is 6.03. The summed E-state index contributed by atoms with van der Waals surface area (Å²) in [5, 5.41) is 8.38. The molecule has 1 heterocycles. The van der Waals surface area contributed by atoms with Gasteiger partial charge in [0.1, 0.15) is 6.54 Å². The predicted octanol–water partition coefficient (Wildman–Crippen LogP) is 1.00. The molecule has 0 aromatic heterocycles. The molecule has 0 saturated heterocycles. The van der Waals surface area contributed by atoms with Crippen LogP contribution in [0.1, 0.15) is 19.3 Å². The molecule has 142 valence electrons. The minimum Gasteiger partial charge on any atom is -0.356 e. The van der Waals surface area contributed by atoms with Crippen molar-refractivity contribution in [3.8, 4) is 0 Å². The highest BCUT2D eigenvalue weighted by molar-refractivity contribution is 6.09. The highest BCUT2D eigenvalue weighted by Gasteiger charge is 2.26. The third-order valence-corrected chi connectivity index (χ3v) is 3.98. The van der Waals surface area contributed by atoms with Gasteiger partial charge in [-0.15, -0.1) is 0 Å². The minimum atomic E-state index is -0.335. The Morgan fingerprint density at radius 2 is 1.88 bits per heavy atom. The molecule has 0 spiro atoms. The van der Waals surface area contributed by atoms with Crippen LogP contribution in [0.4, 0.5) is 16.2 Å². The van der Waals surface area contributed by atoms with Gasteiger partial charge in [0.25, 0.3) is 0 Å². The molecule has 1 aromatic carbocycles. The third-order valence-electron chi connectivity index (χ3n) is 3.98. The first-order valence-corrected chi connectivity index (χ1v) is 8.83. The number of para-hydroxylation sites is 2. The van der Waals surface area contributed by atoms with Gasteiger partial charge in [0, 0.05) is 19.5 Å². The lowest BCUT2D eigenvalue weighted by Crippen LogP contribution is -2.47. The molecule has 0 saturated carbocycles. The fourth-order valence-corrected chi connectivity index (χ4v) is 2.67. The number of urea groups is 1. The molecule has 2 rings (SSSR count). The molecule has 1 aromatic rings. The van der Waals surface area contributed by atoms with Gasteiger partial charge in [-0.25, -0.2) is 4.79 Å². The quantitative estimate of drug-likeness (QED) is 0.602. The fraction of sp³-hybridized carbons (Fsp3) is 0.500. The zero-order chi connectivity index (χ0) is 18.9. The van der Waals surface area contributed by atoms with Gasteiger partial charge in [0.05, 0.1) is 11.4 Å². The molecule has 0 atom stereocenters. The number of rotatable bonds is 8. The van der Waals surface area contributed by atoms with Gasteiger partial charge >= 0.3 is 6.03 Å². The molecule has 0 unspecified atom stereocenters. The lowest BCUT2D eigenvalue weighted by molar-refractivity contribution is -0.121. The number of anilines is 2. The summed E-state index contributed by atoms with van der Waals surface area (Å²) in [5.41, 5.74) is 1.29. The van der Waals surface area contributed by atoms with E-state index in [0.717, 1.165) is 13.0 Å². The van der Waals surface area contributed by atoms with Crippen molar-refractivity contribution in [2.75, 3.05) is 50.5 Å². The molecule has 4 amide bonds. The van der Waals surface area contributed by atoms with Crippen LogP contribution in [0.2, 0.25) is 0 Å². The van der Waals surface area contributed by atoms with Crippen molar-refractivity contribution in [3.63, 3.8) is 0 Å². The number of nitrogens with one attached hydrogen (secondary N) is 3. The fourth-order valence-electron chi connectivity index (χ4n) is 2.67. The van der Waals surface area contributed by atoms with Gasteiger partial charge in [-0.2, -0.15) is 0 Å². The van der Waals surface area contributed by atoms with Crippen molar-refractivity contribution in [2.24, 2.45) is 0 Å². The van der Waals surface area contributed by atoms with E-state index >= 15 is 0 Å². The average molecular weight is 361 g/mol. The van der Waals surface area contributed by atoms with E-state index in [2.05, 4.69) is 20.9 Å². The second kappa shape index (κ2) is 9.76. The average Bonchev–Trinajstić information content (AvgIpc) is 2.61. The van der Waals surface area contributed by atoms with Crippen LogP contribution in [-0.4, -0.2) is 63.0 Å². The molecule has 0 radical (unpaired) electrons. The number of nitrogens with zero attached hydrogens (tertiary/aromatic N) is 2. The van der Waals surface area contributed by atoms with Crippen molar-refractivity contribution >= 4 is 29.2 Å². The highest BCUT2D eigenvalue weighted by Crippen LogP contribution is 2.28. The normalized spacial score (nSPS) is 13.2. The predicted molar refractivity (Wildman–Crippen MR) is 101 cm³/mol. The van der Waals surface area contributed by atoms with Crippen LogP contribution in [0.3, 0.4) is 0 Å². The maximum Gasteiger partial charge on any atom is 0.322 e. The number of hydrogen-bond donors (Lipinski definition) is 3. The minimum absolute atomic E-state index is 0.0132. The molecular formula is C18H27N5O3. The zero-order valence-corrected chi connectivity index (χ0v) is 15.4. The summed E-state index contributed by atoms with van der Waals surface area (Å²) in [6, 6.07) is 6.83. The Labute approximate surface area is 153 Å².